The molecule has 38 heavy (non-hydrogen) atoms. The van der Waals surface area contributed by atoms with Crippen molar-refractivity contribution in [3.05, 3.63) is 107 Å². The second-order valence-electron chi connectivity index (χ2n) is 8.77. The highest BCUT2D eigenvalue weighted by molar-refractivity contribution is 7.98. The molecule has 0 bridgehead atoms. The number of nitrogens with one attached hydrogen (secondary N) is 2. The van der Waals surface area contributed by atoms with Gasteiger partial charge in [0, 0.05) is 29.0 Å². The average Bonchev–Trinajstić information content (AvgIpc) is 3.36. The van der Waals surface area contributed by atoms with E-state index in [0.29, 0.717) is 35.8 Å². The summed E-state index contributed by atoms with van der Waals surface area (Å²) >= 11 is 7.68. The molecule has 4 aromatic rings. The Kier molecular flexibility index (Phi) is 9.46. The zero-order chi connectivity index (χ0) is 26.9. The highest BCUT2D eigenvalue weighted by Crippen LogP contribution is 2.28. The van der Waals surface area contributed by atoms with E-state index in [1.807, 2.05) is 79.2 Å². The van der Waals surface area contributed by atoms with Gasteiger partial charge in [-0.1, -0.05) is 54.1 Å². The first-order valence-corrected chi connectivity index (χ1v) is 13.9. The van der Waals surface area contributed by atoms with Crippen LogP contribution < -0.4 is 10.6 Å². The molecular formula is C29H29ClN4O3S. The van der Waals surface area contributed by atoms with Gasteiger partial charge in [-0.25, -0.2) is 9.78 Å². The van der Waals surface area contributed by atoms with Crippen LogP contribution >= 0.6 is 23.4 Å². The first-order chi connectivity index (χ1) is 18.4. The molecule has 1 heterocycles. The number of carboxylic acid groups (broad SMARTS) is 1. The molecule has 0 aliphatic carbocycles. The number of halogens is 1. The van der Waals surface area contributed by atoms with Gasteiger partial charge >= 0.3 is 5.97 Å². The number of nitrogens with zero attached hydrogens (tertiary/aromatic N) is 2. The number of hydrogen-bond acceptors (Lipinski definition) is 5. The standard InChI is InChI=1S/C29H29ClN4O3S/c1-38-13-12-27(29(36)37)33-28(35)25-11-10-23(15-26(25)21-7-3-2-4-8-21)32-17-24-16-31-19-34(24)18-20-6-5-9-22(30)14-20/h2-11,14-16,19,27,32H,12-13,17-18H2,1H3,(H,33,35)(H,36,37)/t27-/m0/s1. The van der Waals surface area contributed by atoms with Crippen LogP contribution in [-0.4, -0.2) is 44.6 Å². The maximum atomic E-state index is 13.2. The lowest BCUT2D eigenvalue weighted by Crippen LogP contribution is -2.41. The van der Waals surface area contributed by atoms with E-state index >= 15 is 0 Å². The number of amides is 1. The molecule has 3 aromatic carbocycles. The zero-order valence-corrected chi connectivity index (χ0v) is 22.5. The Morgan fingerprint density at radius 1 is 1.08 bits per heavy atom. The second-order valence-corrected chi connectivity index (χ2v) is 10.2. The van der Waals surface area contributed by atoms with Crippen LogP contribution in [0.5, 0.6) is 0 Å². The number of thioether (sulfide) groups is 1. The number of carboxylic acids is 1. The summed E-state index contributed by atoms with van der Waals surface area (Å²) in [6, 6.07) is 21.8. The fraction of sp³-hybridized carbons (Fsp3) is 0.207. The van der Waals surface area contributed by atoms with Crippen molar-refractivity contribution in [2.75, 3.05) is 17.3 Å². The Morgan fingerprint density at radius 3 is 2.63 bits per heavy atom. The number of hydrogen-bond donors (Lipinski definition) is 3. The van der Waals surface area contributed by atoms with Gasteiger partial charge in [0.15, 0.2) is 0 Å². The summed E-state index contributed by atoms with van der Waals surface area (Å²) in [5.41, 5.74) is 4.90. The maximum absolute atomic E-state index is 13.2. The Morgan fingerprint density at radius 2 is 1.89 bits per heavy atom. The number of carbonyl (C=O) groups excluding carboxylic acids is 1. The maximum Gasteiger partial charge on any atom is 0.326 e. The number of anilines is 1. The van der Waals surface area contributed by atoms with Crippen molar-refractivity contribution in [1.29, 1.82) is 0 Å². The van der Waals surface area contributed by atoms with Crippen LogP contribution in [0, 0.1) is 0 Å². The number of rotatable bonds is 12. The van der Waals surface area contributed by atoms with Gasteiger partial charge in [-0.2, -0.15) is 11.8 Å². The van der Waals surface area contributed by atoms with Crippen molar-refractivity contribution in [2.24, 2.45) is 0 Å². The second kappa shape index (κ2) is 13.2. The normalized spacial score (nSPS) is 11.6. The van der Waals surface area contributed by atoms with Crippen molar-refractivity contribution in [3.63, 3.8) is 0 Å². The smallest absolute Gasteiger partial charge is 0.326 e. The van der Waals surface area contributed by atoms with E-state index in [0.717, 1.165) is 28.1 Å². The Hall–Kier alpha value is -3.75. The van der Waals surface area contributed by atoms with Gasteiger partial charge < -0.3 is 20.3 Å². The van der Waals surface area contributed by atoms with Crippen molar-refractivity contribution >= 4 is 40.9 Å². The first-order valence-electron chi connectivity index (χ1n) is 12.1. The molecule has 0 aliphatic rings. The fourth-order valence-corrected chi connectivity index (χ4v) is 4.78. The van der Waals surface area contributed by atoms with E-state index < -0.39 is 17.9 Å². The van der Waals surface area contributed by atoms with Crippen LogP contribution in [0.1, 0.15) is 28.0 Å². The lowest BCUT2D eigenvalue weighted by Gasteiger charge is -2.17. The molecule has 3 N–H and O–H groups in total. The monoisotopic (exact) mass is 548 g/mol. The fourth-order valence-electron chi connectivity index (χ4n) is 4.10. The van der Waals surface area contributed by atoms with E-state index in [1.54, 1.807) is 24.2 Å². The van der Waals surface area contributed by atoms with Crippen molar-refractivity contribution in [2.45, 2.75) is 25.6 Å². The van der Waals surface area contributed by atoms with Crippen LogP contribution in [0.3, 0.4) is 0 Å². The van der Waals surface area contributed by atoms with E-state index in [4.69, 9.17) is 11.6 Å². The minimum Gasteiger partial charge on any atom is -0.480 e. The SMILES string of the molecule is CSCC[C@H](NC(=O)c1ccc(NCc2cncn2Cc2cccc(Cl)c2)cc1-c1ccccc1)C(=O)O. The predicted octanol–water partition coefficient (Wildman–Crippen LogP) is 5.80. The molecule has 196 valence electrons. The number of aromatic nitrogens is 2. The predicted molar refractivity (Wildman–Crippen MR) is 154 cm³/mol. The van der Waals surface area contributed by atoms with Gasteiger partial charge in [-0.3, -0.25) is 4.79 Å². The van der Waals surface area contributed by atoms with Gasteiger partial charge in [0.05, 0.1) is 18.6 Å². The third kappa shape index (κ3) is 7.18. The summed E-state index contributed by atoms with van der Waals surface area (Å²) in [7, 11) is 0. The van der Waals surface area contributed by atoms with Crippen LogP contribution in [0.4, 0.5) is 5.69 Å². The van der Waals surface area contributed by atoms with Gasteiger partial charge in [-0.05, 0) is 65.5 Å². The summed E-state index contributed by atoms with van der Waals surface area (Å²) in [6.07, 6.45) is 5.87. The molecule has 9 heteroatoms. The molecule has 0 radical (unpaired) electrons. The van der Waals surface area contributed by atoms with Crippen LogP contribution in [0.25, 0.3) is 11.1 Å². The van der Waals surface area contributed by atoms with E-state index in [1.165, 1.54) is 0 Å². The Labute approximate surface area is 231 Å². The lowest BCUT2D eigenvalue weighted by molar-refractivity contribution is -0.139. The molecule has 0 aliphatic heterocycles. The van der Waals surface area contributed by atoms with E-state index in [2.05, 4.69) is 20.2 Å². The van der Waals surface area contributed by atoms with Gasteiger partial charge in [0.1, 0.15) is 6.04 Å². The molecule has 1 atom stereocenters. The third-order valence-electron chi connectivity index (χ3n) is 6.08. The molecule has 0 saturated heterocycles. The number of carbonyl (C=O) groups is 2. The zero-order valence-electron chi connectivity index (χ0n) is 20.9. The summed E-state index contributed by atoms with van der Waals surface area (Å²) in [5, 5.41) is 16.4. The highest BCUT2D eigenvalue weighted by Gasteiger charge is 2.22. The molecule has 4 rings (SSSR count). The minimum absolute atomic E-state index is 0.353. The lowest BCUT2D eigenvalue weighted by atomic mass is 9.98. The molecule has 0 unspecified atom stereocenters. The van der Waals surface area contributed by atoms with Crippen molar-refractivity contribution < 1.29 is 14.7 Å². The molecular weight excluding hydrogens is 520 g/mol. The summed E-state index contributed by atoms with van der Waals surface area (Å²) in [4.78, 5) is 29.2. The van der Waals surface area contributed by atoms with Gasteiger partial charge in [0.25, 0.3) is 5.91 Å². The number of imidazole rings is 1. The van der Waals surface area contributed by atoms with Crippen LogP contribution in [0.15, 0.2) is 85.3 Å². The molecule has 0 spiro atoms. The summed E-state index contributed by atoms with van der Waals surface area (Å²) in [5.74, 6) is -0.815. The van der Waals surface area contributed by atoms with Crippen LogP contribution in [0.2, 0.25) is 5.02 Å². The van der Waals surface area contributed by atoms with Crippen LogP contribution in [-0.2, 0) is 17.9 Å². The molecule has 1 amide bonds. The molecule has 0 saturated carbocycles. The number of aliphatic carboxylic acids is 1. The van der Waals surface area contributed by atoms with Gasteiger partial charge in [-0.15, -0.1) is 0 Å². The largest absolute Gasteiger partial charge is 0.480 e. The van der Waals surface area contributed by atoms with Crippen molar-refractivity contribution in [3.8, 4) is 11.1 Å². The molecule has 1 aromatic heterocycles. The minimum atomic E-state index is -1.04. The Balaban J connectivity index is 1.54. The molecule has 7 nitrogen and oxygen atoms in total. The third-order valence-corrected chi connectivity index (χ3v) is 6.96. The molecule has 0 fully saturated rings. The quantitative estimate of drug-likeness (QED) is 0.207. The van der Waals surface area contributed by atoms with E-state index in [-0.39, 0.29) is 0 Å². The van der Waals surface area contributed by atoms with Crippen molar-refractivity contribution in [1.82, 2.24) is 14.9 Å². The first kappa shape index (κ1) is 27.3. The topological polar surface area (TPSA) is 96.3 Å². The number of benzene rings is 3. The summed E-state index contributed by atoms with van der Waals surface area (Å²) < 4.78 is 2.05. The Bertz CT molecular complexity index is 1390. The van der Waals surface area contributed by atoms with E-state index in [9.17, 15) is 14.7 Å². The van der Waals surface area contributed by atoms with Gasteiger partial charge in [0.2, 0.25) is 0 Å². The average molecular weight is 549 g/mol. The highest BCUT2D eigenvalue weighted by atomic mass is 35.5. The summed E-state index contributed by atoms with van der Waals surface area (Å²) in [6.45, 7) is 1.17.